The first-order chi connectivity index (χ1) is 14.6. The van der Waals surface area contributed by atoms with E-state index in [9.17, 15) is 14.9 Å². The molecule has 1 fully saturated rings. The van der Waals surface area contributed by atoms with Crippen LogP contribution in [0.25, 0.3) is 10.9 Å². The zero-order valence-electron chi connectivity index (χ0n) is 16.7. The molecule has 0 amide bonds. The van der Waals surface area contributed by atoms with Gasteiger partial charge in [0.15, 0.2) is 11.6 Å². The van der Waals surface area contributed by atoms with Crippen molar-refractivity contribution in [2.24, 2.45) is 0 Å². The Balaban J connectivity index is 1.62. The maximum Gasteiger partial charge on any atom is 0.261 e. The summed E-state index contributed by atoms with van der Waals surface area (Å²) in [5.41, 5.74) is 2.76. The third kappa shape index (κ3) is 2.91. The van der Waals surface area contributed by atoms with E-state index < -0.39 is 0 Å². The number of carbonyl (C=O) groups is 1. The van der Waals surface area contributed by atoms with Crippen LogP contribution >= 0.6 is 0 Å². The first-order valence-electron chi connectivity index (χ1n) is 10.5. The van der Waals surface area contributed by atoms with E-state index in [0.29, 0.717) is 24.0 Å². The van der Waals surface area contributed by atoms with Crippen molar-refractivity contribution in [3.63, 3.8) is 0 Å². The summed E-state index contributed by atoms with van der Waals surface area (Å²) in [6.07, 6.45) is 8.31. The fraction of sp³-hybridized carbons (Fsp3) is 0.391. The largest absolute Gasteiger partial charge is 0.338 e. The normalized spacial score (nSPS) is 17.6. The summed E-state index contributed by atoms with van der Waals surface area (Å²) in [5, 5.41) is 18.2. The lowest BCUT2D eigenvalue weighted by Crippen LogP contribution is -2.36. The van der Waals surface area contributed by atoms with E-state index in [1.165, 1.54) is 0 Å². The highest BCUT2D eigenvalue weighted by molar-refractivity contribution is 6.01. The minimum absolute atomic E-state index is 0.179. The number of nitriles is 1. The maximum absolute atomic E-state index is 12.7. The molecule has 7 heteroatoms. The van der Waals surface area contributed by atoms with Gasteiger partial charge in [-0.15, -0.1) is 0 Å². The Labute approximate surface area is 173 Å². The highest BCUT2D eigenvalue weighted by atomic mass is 16.1. The molecule has 0 spiro atoms. The third-order valence-electron chi connectivity index (χ3n) is 6.54. The van der Waals surface area contributed by atoms with Crippen LogP contribution in [-0.4, -0.2) is 20.5 Å². The van der Waals surface area contributed by atoms with Gasteiger partial charge in [-0.05, 0) is 49.1 Å². The predicted octanol–water partition coefficient (Wildman–Crippen LogP) is 4.17. The van der Waals surface area contributed by atoms with Gasteiger partial charge in [-0.25, -0.2) is 0 Å². The van der Waals surface area contributed by atoms with Crippen LogP contribution in [0.15, 0.2) is 35.3 Å². The average Bonchev–Trinajstić information content (AvgIpc) is 3.31. The van der Waals surface area contributed by atoms with E-state index in [4.69, 9.17) is 5.10 Å². The molecule has 2 aromatic heterocycles. The molecule has 7 nitrogen and oxygen atoms in total. The van der Waals surface area contributed by atoms with Gasteiger partial charge in [0, 0.05) is 23.9 Å². The van der Waals surface area contributed by atoms with Gasteiger partial charge in [-0.2, -0.15) is 10.4 Å². The Morgan fingerprint density at radius 1 is 1.17 bits per heavy atom. The summed E-state index contributed by atoms with van der Waals surface area (Å²) in [5.74, 6) is 0.664. The van der Waals surface area contributed by atoms with E-state index in [0.717, 1.165) is 60.9 Å². The van der Waals surface area contributed by atoms with Gasteiger partial charge in [0.1, 0.15) is 5.39 Å². The molecule has 0 saturated heterocycles. The molecule has 0 bridgehead atoms. The van der Waals surface area contributed by atoms with Crippen molar-refractivity contribution in [3.05, 3.63) is 51.9 Å². The quantitative estimate of drug-likeness (QED) is 0.683. The second-order valence-corrected chi connectivity index (χ2v) is 8.37. The van der Waals surface area contributed by atoms with E-state index >= 15 is 0 Å². The van der Waals surface area contributed by atoms with E-state index in [-0.39, 0.29) is 16.9 Å². The minimum Gasteiger partial charge on any atom is -0.338 e. The topological polar surface area (TPSA) is 104 Å². The summed E-state index contributed by atoms with van der Waals surface area (Å²) >= 11 is 0. The van der Waals surface area contributed by atoms with Gasteiger partial charge < -0.3 is 10.3 Å². The molecule has 2 aliphatic carbocycles. The van der Waals surface area contributed by atoms with Crippen molar-refractivity contribution in [2.45, 2.75) is 56.9 Å². The molecule has 0 radical (unpaired) electrons. The standard InChI is InChI=1S/C23H23N5O2/c24-12-11-23(9-2-1-3-10-23)28-18-8-13-25-22(30)20(18)21(27-28)26-16-5-6-17-15(14-16)4-7-19(17)29/h5-6,8,13-14H,1-4,7,9-11H2,(H,25,30)(H,26,27). The number of benzene rings is 1. The number of fused-ring (bicyclic) bond motifs is 2. The summed E-state index contributed by atoms with van der Waals surface area (Å²) in [4.78, 5) is 27.4. The molecule has 5 rings (SSSR count). The van der Waals surface area contributed by atoms with Gasteiger partial charge in [0.25, 0.3) is 5.56 Å². The molecule has 1 aromatic carbocycles. The monoisotopic (exact) mass is 401 g/mol. The van der Waals surface area contributed by atoms with Crippen LogP contribution in [-0.2, 0) is 12.0 Å². The molecule has 0 aliphatic heterocycles. The molecule has 0 unspecified atom stereocenters. The number of nitrogens with one attached hydrogen (secondary N) is 2. The van der Waals surface area contributed by atoms with E-state index in [2.05, 4.69) is 16.4 Å². The summed E-state index contributed by atoms with van der Waals surface area (Å²) < 4.78 is 1.92. The van der Waals surface area contributed by atoms with Crippen LogP contribution in [0.4, 0.5) is 11.5 Å². The lowest BCUT2D eigenvalue weighted by Gasteiger charge is -2.36. The lowest BCUT2D eigenvalue weighted by atomic mass is 9.79. The first kappa shape index (κ1) is 18.6. The predicted molar refractivity (Wildman–Crippen MR) is 114 cm³/mol. The first-order valence-corrected chi connectivity index (χ1v) is 10.5. The van der Waals surface area contributed by atoms with Crippen molar-refractivity contribution < 1.29 is 4.79 Å². The van der Waals surface area contributed by atoms with Crippen LogP contribution in [0.2, 0.25) is 0 Å². The lowest BCUT2D eigenvalue weighted by molar-refractivity contribution is 0.0994. The molecule has 3 aromatic rings. The molecule has 2 heterocycles. The Kier molecular flexibility index (Phi) is 4.43. The van der Waals surface area contributed by atoms with Crippen molar-refractivity contribution in [1.29, 1.82) is 5.26 Å². The number of rotatable bonds is 4. The zero-order valence-corrected chi connectivity index (χ0v) is 16.7. The Hall–Kier alpha value is -3.40. The number of pyridine rings is 1. The van der Waals surface area contributed by atoms with Crippen LogP contribution in [0.3, 0.4) is 0 Å². The molecule has 152 valence electrons. The minimum atomic E-state index is -0.386. The van der Waals surface area contributed by atoms with Crippen LogP contribution < -0.4 is 10.9 Å². The zero-order chi connectivity index (χ0) is 20.7. The number of aromatic amines is 1. The number of aromatic nitrogens is 3. The number of aryl methyl sites for hydroxylation is 1. The fourth-order valence-electron chi connectivity index (χ4n) is 5.02. The highest BCUT2D eigenvalue weighted by Crippen LogP contribution is 2.40. The third-order valence-corrected chi connectivity index (χ3v) is 6.54. The van der Waals surface area contributed by atoms with Crippen molar-refractivity contribution in [2.75, 3.05) is 5.32 Å². The summed E-state index contributed by atoms with van der Waals surface area (Å²) in [6.45, 7) is 0. The second kappa shape index (κ2) is 7.13. The number of carbonyl (C=O) groups excluding carboxylic acids is 1. The number of anilines is 2. The number of Topliss-reactive ketones (excluding diaryl/α,β-unsaturated/α-hetero) is 1. The average molecular weight is 401 g/mol. The maximum atomic E-state index is 12.7. The van der Waals surface area contributed by atoms with Gasteiger partial charge in [0.05, 0.1) is 23.5 Å². The Morgan fingerprint density at radius 2 is 2.00 bits per heavy atom. The van der Waals surface area contributed by atoms with E-state index in [1.807, 2.05) is 28.9 Å². The smallest absolute Gasteiger partial charge is 0.261 e. The number of hydrogen-bond acceptors (Lipinski definition) is 5. The van der Waals surface area contributed by atoms with Gasteiger partial charge in [0.2, 0.25) is 0 Å². The number of H-pyrrole nitrogens is 1. The summed E-state index contributed by atoms with van der Waals surface area (Å²) in [6, 6.07) is 9.88. The van der Waals surface area contributed by atoms with Gasteiger partial charge in [-0.3, -0.25) is 14.3 Å². The SMILES string of the molecule is N#CCC1(n2nc(Nc3ccc4c(c3)CCC4=O)c3c(=O)[nH]ccc32)CCCCC1. The molecule has 1 saturated carbocycles. The number of nitrogens with zero attached hydrogens (tertiary/aromatic N) is 3. The van der Waals surface area contributed by atoms with Crippen molar-refractivity contribution in [1.82, 2.24) is 14.8 Å². The van der Waals surface area contributed by atoms with Crippen LogP contribution in [0, 0.1) is 11.3 Å². The number of hydrogen-bond donors (Lipinski definition) is 2. The molecular formula is C23H23N5O2. The van der Waals surface area contributed by atoms with E-state index in [1.54, 1.807) is 6.20 Å². The van der Waals surface area contributed by atoms with Gasteiger partial charge >= 0.3 is 0 Å². The summed E-state index contributed by atoms with van der Waals surface area (Å²) in [7, 11) is 0. The molecule has 0 atom stereocenters. The Bertz CT molecular complexity index is 1240. The van der Waals surface area contributed by atoms with Crippen molar-refractivity contribution in [3.8, 4) is 6.07 Å². The molecule has 2 N–H and O–H groups in total. The highest BCUT2D eigenvalue weighted by Gasteiger charge is 2.37. The Morgan fingerprint density at radius 3 is 2.80 bits per heavy atom. The number of ketones is 1. The van der Waals surface area contributed by atoms with Crippen LogP contribution in [0.1, 0.15) is 60.9 Å². The second-order valence-electron chi connectivity index (χ2n) is 8.37. The molecular weight excluding hydrogens is 378 g/mol. The molecule has 2 aliphatic rings. The van der Waals surface area contributed by atoms with Gasteiger partial charge in [-0.1, -0.05) is 19.3 Å². The van der Waals surface area contributed by atoms with Crippen LogP contribution in [0.5, 0.6) is 0 Å². The van der Waals surface area contributed by atoms with Crippen molar-refractivity contribution >= 4 is 28.2 Å². The molecule has 30 heavy (non-hydrogen) atoms. The fourth-order valence-corrected chi connectivity index (χ4v) is 5.02.